The second-order valence-electron chi connectivity index (χ2n) is 5.81. The minimum atomic E-state index is 0.342. The van der Waals surface area contributed by atoms with Crippen LogP contribution in [0.4, 0.5) is 5.13 Å². The Hall–Kier alpha value is -2.64. The first kappa shape index (κ1) is 16.8. The van der Waals surface area contributed by atoms with Crippen molar-refractivity contribution in [1.29, 1.82) is 0 Å². The van der Waals surface area contributed by atoms with E-state index in [2.05, 4.69) is 32.5 Å². The number of nitrogens with zero attached hydrogens (tertiary/aromatic N) is 3. The fraction of sp³-hybridized carbons (Fsp3) is 0.167. The number of halogens is 1. The van der Waals surface area contributed by atoms with Gasteiger partial charge in [-0.2, -0.15) is 0 Å². The van der Waals surface area contributed by atoms with Crippen LogP contribution in [0.2, 0.25) is 5.02 Å². The number of benzene rings is 1. The standard InChI is InChI=1S/C18H16ClN5OS/c1-11-9-21-17(22-11)24-18-23-15(10-26-18)14-3-2-8-20-16(14)25-13-6-4-12(19)5-7-13/h2-8,10-11H,9H2,1H3,(H2,21,22,23,24). The number of pyridine rings is 1. The summed E-state index contributed by atoms with van der Waals surface area (Å²) in [5.74, 6) is 1.92. The largest absolute Gasteiger partial charge is 0.438 e. The molecule has 1 aliphatic rings. The van der Waals surface area contributed by atoms with Crippen LogP contribution in [0, 0.1) is 0 Å². The summed E-state index contributed by atoms with van der Waals surface area (Å²) < 4.78 is 5.91. The average molecular weight is 386 g/mol. The highest BCUT2D eigenvalue weighted by Gasteiger charge is 2.16. The van der Waals surface area contributed by atoms with Gasteiger partial charge in [0, 0.05) is 22.6 Å². The lowest BCUT2D eigenvalue weighted by Gasteiger charge is -2.08. The van der Waals surface area contributed by atoms with Crippen LogP contribution >= 0.6 is 22.9 Å². The molecule has 2 N–H and O–H groups in total. The minimum Gasteiger partial charge on any atom is -0.438 e. The Morgan fingerprint density at radius 1 is 1.27 bits per heavy atom. The highest BCUT2D eigenvalue weighted by Crippen LogP contribution is 2.33. The monoisotopic (exact) mass is 385 g/mol. The Balaban J connectivity index is 1.55. The van der Waals surface area contributed by atoms with Gasteiger partial charge in [-0.15, -0.1) is 11.3 Å². The third-order valence-electron chi connectivity index (χ3n) is 3.71. The molecule has 0 fully saturated rings. The van der Waals surface area contributed by atoms with Crippen molar-refractivity contribution in [3.8, 4) is 22.9 Å². The molecular weight excluding hydrogens is 370 g/mol. The Kier molecular flexibility index (Phi) is 4.73. The molecule has 4 rings (SSSR count). The van der Waals surface area contributed by atoms with E-state index in [1.807, 2.05) is 17.5 Å². The molecule has 0 bridgehead atoms. The van der Waals surface area contributed by atoms with Crippen molar-refractivity contribution in [2.75, 3.05) is 11.9 Å². The molecule has 3 aromatic rings. The third kappa shape index (κ3) is 3.79. The third-order valence-corrected chi connectivity index (χ3v) is 4.72. The molecular formula is C18H16ClN5OS. The molecule has 0 amide bonds. The number of aromatic nitrogens is 2. The molecule has 0 saturated heterocycles. The number of hydrogen-bond donors (Lipinski definition) is 2. The molecule has 1 aliphatic heterocycles. The van der Waals surface area contributed by atoms with E-state index < -0.39 is 0 Å². The number of rotatable bonds is 4. The molecule has 8 heteroatoms. The Morgan fingerprint density at radius 2 is 2.12 bits per heavy atom. The zero-order valence-electron chi connectivity index (χ0n) is 13.9. The summed E-state index contributed by atoms with van der Waals surface area (Å²) in [6.07, 6.45) is 1.69. The van der Waals surface area contributed by atoms with E-state index in [9.17, 15) is 0 Å². The second-order valence-corrected chi connectivity index (χ2v) is 7.10. The SMILES string of the molecule is CC1CN=C(Nc2nc(-c3cccnc3Oc3ccc(Cl)cc3)cs2)N1. The van der Waals surface area contributed by atoms with Gasteiger partial charge in [0.05, 0.1) is 17.8 Å². The van der Waals surface area contributed by atoms with Crippen molar-refractivity contribution in [2.45, 2.75) is 13.0 Å². The number of aliphatic imine (C=N–C) groups is 1. The van der Waals surface area contributed by atoms with Crippen molar-refractivity contribution in [1.82, 2.24) is 15.3 Å². The smallest absolute Gasteiger partial charge is 0.228 e. The van der Waals surface area contributed by atoms with Crippen LogP contribution < -0.4 is 15.4 Å². The van der Waals surface area contributed by atoms with Gasteiger partial charge in [0.1, 0.15) is 5.75 Å². The molecule has 1 atom stereocenters. The summed E-state index contributed by atoms with van der Waals surface area (Å²) in [5.41, 5.74) is 1.61. The summed E-state index contributed by atoms with van der Waals surface area (Å²) in [5, 5.41) is 9.85. The molecule has 0 radical (unpaired) electrons. The number of ether oxygens (including phenoxy) is 1. The Labute approximate surface area is 159 Å². The van der Waals surface area contributed by atoms with Gasteiger partial charge < -0.3 is 15.4 Å². The molecule has 2 aromatic heterocycles. The van der Waals surface area contributed by atoms with Crippen LogP contribution in [0.15, 0.2) is 53.0 Å². The molecule has 0 aliphatic carbocycles. The predicted octanol–water partition coefficient (Wildman–Crippen LogP) is 4.41. The lowest BCUT2D eigenvalue weighted by atomic mass is 10.2. The second kappa shape index (κ2) is 7.31. The highest BCUT2D eigenvalue weighted by molar-refractivity contribution is 7.14. The average Bonchev–Trinajstić information content (AvgIpc) is 3.27. The number of hydrogen-bond acceptors (Lipinski definition) is 7. The molecule has 6 nitrogen and oxygen atoms in total. The molecule has 132 valence electrons. The van der Waals surface area contributed by atoms with Gasteiger partial charge >= 0.3 is 0 Å². The van der Waals surface area contributed by atoms with Gasteiger partial charge in [-0.3, -0.25) is 4.99 Å². The van der Waals surface area contributed by atoms with Crippen LogP contribution in [-0.4, -0.2) is 28.5 Å². The quantitative estimate of drug-likeness (QED) is 0.696. The Bertz CT molecular complexity index is 941. The lowest BCUT2D eigenvalue weighted by molar-refractivity contribution is 0.465. The van der Waals surface area contributed by atoms with Gasteiger partial charge in [0.2, 0.25) is 5.88 Å². The Morgan fingerprint density at radius 3 is 2.88 bits per heavy atom. The predicted molar refractivity (Wildman–Crippen MR) is 105 cm³/mol. The van der Waals surface area contributed by atoms with E-state index >= 15 is 0 Å². The fourth-order valence-corrected chi connectivity index (χ4v) is 3.30. The molecule has 1 unspecified atom stereocenters. The van der Waals surface area contributed by atoms with Crippen LogP contribution in [0.1, 0.15) is 6.92 Å². The normalized spacial score (nSPS) is 16.1. The van der Waals surface area contributed by atoms with E-state index in [0.29, 0.717) is 22.7 Å². The van der Waals surface area contributed by atoms with Crippen molar-refractivity contribution in [3.63, 3.8) is 0 Å². The number of guanidine groups is 1. The number of nitrogens with one attached hydrogen (secondary N) is 2. The first-order valence-corrected chi connectivity index (χ1v) is 9.35. The van der Waals surface area contributed by atoms with Gasteiger partial charge in [0.15, 0.2) is 11.1 Å². The van der Waals surface area contributed by atoms with E-state index in [-0.39, 0.29) is 0 Å². The summed E-state index contributed by atoms with van der Waals surface area (Å²) in [6, 6.07) is 11.3. The minimum absolute atomic E-state index is 0.342. The van der Waals surface area contributed by atoms with E-state index in [1.54, 1.807) is 30.5 Å². The van der Waals surface area contributed by atoms with Gasteiger partial charge in [-0.1, -0.05) is 11.6 Å². The number of thiazole rings is 1. The molecule has 1 aromatic carbocycles. The zero-order chi connectivity index (χ0) is 17.9. The van der Waals surface area contributed by atoms with E-state index in [0.717, 1.165) is 28.9 Å². The van der Waals surface area contributed by atoms with Crippen molar-refractivity contribution in [2.24, 2.45) is 4.99 Å². The van der Waals surface area contributed by atoms with Crippen LogP contribution in [-0.2, 0) is 0 Å². The van der Waals surface area contributed by atoms with Gasteiger partial charge in [-0.05, 0) is 43.3 Å². The molecule has 0 saturated carbocycles. The van der Waals surface area contributed by atoms with Gasteiger partial charge in [-0.25, -0.2) is 9.97 Å². The lowest BCUT2D eigenvalue weighted by Crippen LogP contribution is -2.32. The summed E-state index contributed by atoms with van der Waals surface area (Å²) in [7, 11) is 0. The van der Waals surface area contributed by atoms with E-state index in [4.69, 9.17) is 16.3 Å². The maximum absolute atomic E-state index is 5.92. The van der Waals surface area contributed by atoms with Crippen molar-refractivity contribution in [3.05, 3.63) is 53.0 Å². The van der Waals surface area contributed by atoms with Gasteiger partial charge in [0.25, 0.3) is 0 Å². The summed E-state index contributed by atoms with van der Waals surface area (Å²) in [4.78, 5) is 13.4. The van der Waals surface area contributed by atoms with Crippen LogP contribution in [0.5, 0.6) is 11.6 Å². The highest BCUT2D eigenvalue weighted by atomic mass is 35.5. The summed E-state index contributed by atoms with van der Waals surface area (Å²) >= 11 is 7.43. The van der Waals surface area contributed by atoms with Crippen molar-refractivity contribution < 1.29 is 4.74 Å². The maximum Gasteiger partial charge on any atom is 0.228 e. The molecule has 26 heavy (non-hydrogen) atoms. The van der Waals surface area contributed by atoms with Crippen LogP contribution in [0.25, 0.3) is 11.3 Å². The summed E-state index contributed by atoms with van der Waals surface area (Å²) in [6.45, 7) is 2.85. The number of anilines is 1. The first-order valence-electron chi connectivity index (χ1n) is 8.10. The van der Waals surface area contributed by atoms with Crippen LogP contribution in [0.3, 0.4) is 0 Å². The zero-order valence-corrected chi connectivity index (χ0v) is 15.5. The topological polar surface area (TPSA) is 71.4 Å². The van der Waals surface area contributed by atoms with E-state index in [1.165, 1.54) is 11.3 Å². The molecule has 0 spiro atoms. The van der Waals surface area contributed by atoms with Crippen molar-refractivity contribution >= 4 is 34.0 Å². The first-order chi connectivity index (χ1) is 12.7. The fourth-order valence-electron chi connectivity index (χ4n) is 2.47. The molecule has 3 heterocycles. The maximum atomic E-state index is 5.92.